The van der Waals surface area contributed by atoms with E-state index < -0.39 is 9.84 Å². The summed E-state index contributed by atoms with van der Waals surface area (Å²) in [5.74, 6) is -0.235. The number of halogens is 1. The number of hydrogen-bond donors (Lipinski definition) is 1. The van der Waals surface area contributed by atoms with E-state index in [-0.39, 0.29) is 21.9 Å². The Balaban J connectivity index is 2.53. The normalized spacial score (nSPS) is 11.6. The quantitative estimate of drug-likeness (QED) is 0.662. The Hall–Kier alpha value is -1.18. The highest BCUT2D eigenvalue weighted by Gasteiger charge is 2.17. The standard InChI is InChI=1S/C13H12BrNO3S2/c1-7-3-11(19-13(7)14)12(16)8-4-9(15)6-10(5-8)20(2,17)18/h3-6H,15H2,1-2H3. The molecule has 1 aromatic carbocycles. The van der Waals surface area contributed by atoms with Gasteiger partial charge in [-0.1, -0.05) is 0 Å². The summed E-state index contributed by atoms with van der Waals surface area (Å²) in [6.45, 7) is 1.89. The largest absolute Gasteiger partial charge is 0.399 e. The molecular weight excluding hydrogens is 362 g/mol. The van der Waals surface area contributed by atoms with Gasteiger partial charge in [0.05, 0.1) is 13.6 Å². The molecule has 2 rings (SSSR count). The summed E-state index contributed by atoms with van der Waals surface area (Å²) in [7, 11) is -3.40. The van der Waals surface area contributed by atoms with E-state index in [9.17, 15) is 13.2 Å². The molecule has 7 heteroatoms. The number of nitrogens with two attached hydrogens (primary N) is 1. The van der Waals surface area contributed by atoms with Crippen LogP contribution in [0, 0.1) is 6.92 Å². The van der Waals surface area contributed by atoms with E-state index in [1.54, 1.807) is 6.07 Å². The maximum atomic E-state index is 12.4. The molecular formula is C13H12BrNO3S2. The van der Waals surface area contributed by atoms with Crippen molar-refractivity contribution in [3.63, 3.8) is 0 Å². The van der Waals surface area contributed by atoms with Gasteiger partial charge in [0.1, 0.15) is 0 Å². The van der Waals surface area contributed by atoms with Crippen molar-refractivity contribution in [1.82, 2.24) is 0 Å². The van der Waals surface area contributed by atoms with Crippen LogP contribution < -0.4 is 5.73 Å². The Morgan fingerprint density at radius 1 is 1.25 bits per heavy atom. The summed E-state index contributed by atoms with van der Waals surface area (Å²) in [6, 6.07) is 5.96. The molecule has 0 aliphatic heterocycles. The van der Waals surface area contributed by atoms with Crippen LogP contribution in [0.3, 0.4) is 0 Å². The topological polar surface area (TPSA) is 77.2 Å². The molecule has 0 saturated heterocycles. The van der Waals surface area contributed by atoms with Gasteiger partial charge >= 0.3 is 0 Å². The van der Waals surface area contributed by atoms with Crippen molar-refractivity contribution in [2.24, 2.45) is 0 Å². The summed E-state index contributed by atoms with van der Waals surface area (Å²) >= 11 is 4.68. The first kappa shape index (κ1) is 15.2. The van der Waals surface area contributed by atoms with Gasteiger partial charge in [0.2, 0.25) is 5.78 Å². The van der Waals surface area contributed by atoms with E-state index >= 15 is 0 Å². The zero-order valence-corrected chi connectivity index (χ0v) is 14.0. The van der Waals surface area contributed by atoms with Gasteiger partial charge in [0, 0.05) is 17.5 Å². The zero-order chi connectivity index (χ0) is 15.1. The molecule has 106 valence electrons. The van der Waals surface area contributed by atoms with Crippen LogP contribution in [0.4, 0.5) is 5.69 Å². The van der Waals surface area contributed by atoms with Crippen LogP contribution in [0.1, 0.15) is 20.8 Å². The summed E-state index contributed by atoms with van der Waals surface area (Å²) in [6.07, 6.45) is 1.09. The third-order valence-electron chi connectivity index (χ3n) is 2.70. The number of ketones is 1. The maximum Gasteiger partial charge on any atom is 0.203 e. The first-order valence-corrected chi connectivity index (χ1v) is 9.10. The average Bonchev–Trinajstić information content (AvgIpc) is 2.67. The highest BCUT2D eigenvalue weighted by atomic mass is 79.9. The molecule has 2 aromatic rings. The van der Waals surface area contributed by atoms with Crippen molar-refractivity contribution < 1.29 is 13.2 Å². The Bertz CT molecular complexity index is 774. The van der Waals surface area contributed by atoms with E-state index in [4.69, 9.17) is 5.73 Å². The van der Waals surface area contributed by atoms with Gasteiger partial charge < -0.3 is 5.73 Å². The number of sulfone groups is 1. The monoisotopic (exact) mass is 373 g/mol. The molecule has 0 atom stereocenters. The lowest BCUT2D eigenvalue weighted by Crippen LogP contribution is -2.05. The summed E-state index contributed by atoms with van der Waals surface area (Å²) in [4.78, 5) is 13.0. The van der Waals surface area contributed by atoms with Crippen LogP contribution in [0.15, 0.2) is 32.9 Å². The Morgan fingerprint density at radius 3 is 2.40 bits per heavy atom. The van der Waals surface area contributed by atoms with E-state index in [2.05, 4.69) is 15.9 Å². The second-order valence-corrected chi connectivity index (χ2v) is 8.85. The molecule has 0 unspecified atom stereocenters. The Kier molecular flexibility index (Phi) is 4.04. The predicted octanol–water partition coefficient (Wildman–Crippen LogP) is 3.04. The lowest BCUT2D eigenvalue weighted by molar-refractivity contribution is 0.104. The van der Waals surface area contributed by atoms with Crippen molar-refractivity contribution in [3.8, 4) is 0 Å². The number of aryl methyl sites for hydroxylation is 1. The molecule has 2 N–H and O–H groups in total. The van der Waals surface area contributed by atoms with Gasteiger partial charge in [0.25, 0.3) is 0 Å². The van der Waals surface area contributed by atoms with Crippen molar-refractivity contribution in [3.05, 3.63) is 44.1 Å². The Labute approximate surface area is 129 Å². The van der Waals surface area contributed by atoms with E-state index in [1.807, 2.05) is 6.92 Å². The van der Waals surface area contributed by atoms with Crippen molar-refractivity contribution in [1.29, 1.82) is 0 Å². The lowest BCUT2D eigenvalue weighted by atomic mass is 10.1. The van der Waals surface area contributed by atoms with Gasteiger partial charge in [-0.05, 0) is 52.7 Å². The molecule has 0 bridgehead atoms. The van der Waals surface area contributed by atoms with E-state index in [1.165, 1.54) is 29.5 Å². The number of rotatable bonds is 3. The van der Waals surface area contributed by atoms with Crippen molar-refractivity contribution in [2.45, 2.75) is 11.8 Å². The van der Waals surface area contributed by atoms with Gasteiger partial charge in [0.15, 0.2) is 9.84 Å². The summed E-state index contributed by atoms with van der Waals surface area (Å²) < 4.78 is 24.0. The van der Waals surface area contributed by atoms with Crippen molar-refractivity contribution in [2.75, 3.05) is 12.0 Å². The van der Waals surface area contributed by atoms with Crippen LogP contribution in [0.25, 0.3) is 0 Å². The smallest absolute Gasteiger partial charge is 0.203 e. The average molecular weight is 374 g/mol. The zero-order valence-electron chi connectivity index (χ0n) is 10.8. The lowest BCUT2D eigenvalue weighted by Gasteiger charge is -2.04. The number of benzene rings is 1. The van der Waals surface area contributed by atoms with E-state index in [0.717, 1.165) is 15.6 Å². The fraction of sp³-hybridized carbons (Fsp3) is 0.154. The minimum atomic E-state index is -3.40. The minimum Gasteiger partial charge on any atom is -0.399 e. The second kappa shape index (κ2) is 5.31. The van der Waals surface area contributed by atoms with E-state index in [0.29, 0.717) is 4.88 Å². The molecule has 0 aliphatic carbocycles. The number of anilines is 1. The molecule has 0 aliphatic rings. The van der Waals surface area contributed by atoms with Gasteiger partial charge in [-0.2, -0.15) is 0 Å². The fourth-order valence-corrected chi connectivity index (χ4v) is 3.87. The van der Waals surface area contributed by atoms with Crippen molar-refractivity contribution >= 4 is 48.6 Å². The molecule has 0 amide bonds. The fourth-order valence-electron chi connectivity index (χ4n) is 1.68. The summed E-state index contributed by atoms with van der Waals surface area (Å²) in [5, 5.41) is 0. The third kappa shape index (κ3) is 3.11. The first-order chi connectivity index (χ1) is 9.18. The maximum absolute atomic E-state index is 12.4. The van der Waals surface area contributed by atoms with Crippen LogP contribution in [0.5, 0.6) is 0 Å². The van der Waals surface area contributed by atoms with Crippen LogP contribution in [-0.2, 0) is 9.84 Å². The first-order valence-electron chi connectivity index (χ1n) is 5.60. The molecule has 4 nitrogen and oxygen atoms in total. The third-order valence-corrected chi connectivity index (χ3v) is 5.93. The molecule has 1 heterocycles. The number of thiophene rings is 1. The molecule has 0 radical (unpaired) electrons. The molecule has 0 spiro atoms. The molecule has 0 fully saturated rings. The summed E-state index contributed by atoms with van der Waals surface area (Å²) in [5.41, 5.74) is 7.18. The van der Waals surface area contributed by atoms with Crippen LogP contribution >= 0.6 is 27.3 Å². The van der Waals surface area contributed by atoms with Gasteiger partial charge in [-0.25, -0.2) is 8.42 Å². The SMILES string of the molecule is Cc1cc(C(=O)c2cc(N)cc(S(C)(=O)=O)c2)sc1Br. The van der Waals surface area contributed by atoms with Gasteiger partial charge in [-0.3, -0.25) is 4.79 Å². The Morgan fingerprint density at radius 2 is 1.90 bits per heavy atom. The number of hydrogen-bond acceptors (Lipinski definition) is 5. The highest BCUT2D eigenvalue weighted by Crippen LogP contribution is 2.29. The predicted molar refractivity (Wildman–Crippen MR) is 84.2 cm³/mol. The second-order valence-electron chi connectivity index (χ2n) is 4.46. The molecule has 20 heavy (non-hydrogen) atoms. The van der Waals surface area contributed by atoms with Crippen LogP contribution in [-0.4, -0.2) is 20.5 Å². The molecule has 1 aromatic heterocycles. The van der Waals surface area contributed by atoms with Crippen LogP contribution in [0.2, 0.25) is 0 Å². The number of nitrogen functional groups attached to an aromatic ring is 1. The molecule has 0 saturated carbocycles. The number of carbonyl (C=O) groups excluding carboxylic acids is 1. The minimum absolute atomic E-state index is 0.0493. The number of carbonyl (C=O) groups is 1. The van der Waals surface area contributed by atoms with Gasteiger partial charge in [-0.15, -0.1) is 11.3 Å². The highest BCUT2D eigenvalue weighted by molar-refractivity contribution is 9.11.